The van der Waals surface area contributed by atoms with Gasteiger partial charge >= 0.3 is 0 Å². The van der Waals surface area contributed by atoms with E-state index < -0.39 is 6.04 Å². The summed E-state index contributed by atoms with van der Waals surface area (Å²) in [7, 11) is 0. The molecule has 1 aliphatic rings. The van der Waals surface area contributed by atoms with Gasteiger partial charge in [-0.1, -0.05) is 6.08 Å². The van der Waals surface area contributed by atoms with E-state index in [1.807, 2.05) is 11.8 Å². The second-order valence-electron chi connectivity index (χ2n) is 4.24. The summed E-state index contributed by atoms with van der Waals surface area (Å²) in [6.45, 7) is 8.63. The number of carbonyl (C=O) groups is 1. The third-order valence-corrected chi connectivity index (χ3v) is 2.93. The molecule has 2 atom stereocenters. The molecule has 92 valence electrons. The van der Waals surface area contributed by atoms with Crippen LogP contribution < -0.4 is 5.73 Å². The zero-order chi connectivity index (χ0) is 12.0. The lowest BCUT2D eigenvalue weighted by molar-refractivity contribution is -0.133. The van der Waals surface area contributed by atoms with E-state index in [-0.39, 0.29) is 5.91 Å². The molecule has 1 rings (SSSR count). The van der Waals surface area contributed by atoms with Crippen molar-refractivity contribution in [2.24, 2.45) is 11.7 Å². The van der Waals surface area contributed by atoms with Gasteiger partial charge in [0.2, 0.25) is 5.91 Å². The molecule has 4 nitrogen and oxygen atoms in total. The molecule has 0 radical (unpaired) electrons. The second kappa shape index (κ2) is 6.66. The van der Waals surface area contributed by atoms with Crippen LogP contribution in [0.15, 0.2) is 12.7 Å². The predicted molar refractivity (Wildman–Crippen MR) is 64.0 cm³/mol. The Morgan fingerprint density at radius 2 is 2.50 bits per heavy atom. The summed E-state index contributed by atoms with van der Waals surface area (Å²) in [5.41, 5.74) is 5.78. The fourth-order valence-corrected chi connectivity index (χ4v) is 1.93. The zero-order valence-corrected chi connectivity index (χ0v) is 10.0. The van der Waals surface area contributed by atoms with Crippen molar-refractivity contribution in [1.82, 2.24) is 4.90 Å². The minimum Gasteiger partial charge on any atom is -0.381 e. The first-order valence-corrected chi connectivity index (χ1v) is 5.92. The van der Waals surface area contributed by atoms with Gasteiger partial charge in [0, 0.05) is 25.6 Å². The van der Waals surface area contributed by atoms with Crippen molar-refractivity contribution >= 4 is 5.91 Å². The van der Waals surface area contributed by atoms with E-state index >= 15 is 0 Å². The Morgan fingerprint density at radius 3 is 3.00 bits per heavy atom. The fourth-order valence-electron chi connectivity index (χ4n) is 1.93. The molecule has 0 aliphatic carbocycles. The zero-order valence-electron chi connectivity index (χ0n) is 10.0. The van der Waals surface area contributed by atoms with Crippen molar-refractivity contribution < 1.29 is 9.53 Å². The van der Waals surface area contributed by atoms with Crippen LogP contribution in [-0.4, -0.2) is 43.2 Å². The van der Waals surface area contributed by atoms with Gasteiger partial charge in [-0.15, -0.1) is 6.58 Å². The van der Waals surface area contributed by atoms with Crippen molar-refractivity contribution in [2.45, 2.75) is 25.8 Å². The maximum Gasteiger partial charge on any atom is 0.239 e. The van der Waals surface area contributed by atoms with Gasteiger partial charge in [-0.2, -0.15) is 0 Å². The molecular weight excluding hydrogens is 204 g/mol. The third-order valence-electron chi connectivity index (χ3n) is 2.93. The number of likely N-dealkylation sites (N-methyl/N-ethyl adjacent to an activating group) is 1. The average Bonchev–Trinajstić information content (AvgIpc) is 2.78. The number of nitrogens with zero attached hydrogens (tertiary/aromatic N) is 1. The molecule has 2 unspecified atom stereocenters. The van der Waals surface area contributed by atoms with Gasteiger partial charge in [-0.25, -0.2) is 0 Å². The summed E-state index contributed by atoms with van der Waals surface area (Å²) >= 11 is 0. The fraction of sp³-hybridized carbons (Fsp3) is 0.750. The van der Waals surface area contributed by atoms with Gasteiger partial charge in [-0.3, -0.25) is 4.79 Å². The molecular formula is C12H22N2O2. The molecule has 2 N–H and O–H groups in total. The number of amides is 1. The second-order valence-corrected chi connectivity index (χ2v) is 4.24. The number of rotatable bonds is 6. The number of hydrogen-bond donors (Lipinski definition) is 1. The van der Waals surface area contributed by atoms with Crippen LogP contribution in [0.4, 0.5) is 0 Å². The highest BCUT2D eigenvalue weighted by Crippen LogP contribution is 2.14. The van der Waals surface area contributed by atoms with Gasteiger partial charge in [0.05, 0.1) is 12.6 Å². The van der Waals surface area contributed by atoms with Crippen LogP contribution in [0.25, 0.3) is 0 Å². The van der Waals surface area contributed by atoms with E-state index in [0.29, 0.717) is 18.9 Å². The largest absolute Gasteiger partial charge is 0.381 e. The highest BCUT2D eigenvalue weighted by Gasteiger charge is 2.24. The summed E-state index contributed by atoms with van der Waals surface area (Å²) in [5.74, 6) is 0.495. The Labute approximate surface area is 97.4 Å². The number of carbonyl (C=O) groups excluding carboxylic acids is 1. The molecule has 0 aromatic rings. The van der Waals surface area contributed by atoms with Crippen molar-refractivity contribution in [2.75, 3.05) is 26.3 Å². The maximum atomic E-state index is 12.0. The maximum absolute atomic E-state index is 12.0. The van der Waals surface area contributed by atoms with E-state index in [2.05, 4.69) is 6.58 Å². The Morgan fingerprint density at radius 1 is 1.75 bits per heavy atom. The highest BCUT2D eigenvalue weighted by molar-refractivity contribution is 5.81. The summed E-state index contributed by atoms with van der Waals surface area (Å²) in [4.78, 5) is 13.8. The first-order chi connectivity index (χ1) is 7.69. The van der Waals surface area contributed by atoms with Gasteiger partial charge in [0.1, 0.15) is 0 Å². The first-order valence-electron chi connectivity index (χ1n) is 5.92. The quantitative estimate of drug-likeness (QED) is 0.681. The van der Waals surface area contributed by atoms with Gasteiger partial charge in [0.25, 0.3) is 0 Å². The normalized spacial score (nSPS) is 21.8. The van der Waals surface area contributed by atoms with Crippen LogP contribution in [0, 0.1) is 5.92 Å². The van der Waals surface area contributed by atoms with Crippen molar-refractivity contribution in [3.8, 4) is 0 Å². The lowest BCUT2D eigenvalue weighted by Gasteiger charge is -2.26. The molecule has 0 aromatic carbocycles. The van der Waals surface area contributed by atoms with Gasteiger partial charge in [-0.05, 0) is 19.8 Å². The van der Waals surface area contributed by atoms with Crippen LogP contribution in [0.2, 0.25) is 0 Å². The molecule has 0 saturated carbocycles. The molecule has 0 bridgehead atoms. The Hall–Kier alpha value is -0.870. The van der Waals surface area contributed by atoms with E-state index in [9.17, 15) is 4.79 Å². The molecule has 0 aromatic heterocycles. The smallest absolute Gasteiger partial charge is 0.239 e. The van der Waals surface area contributed by atoms with Gasteiger partial charge < -0.3 is 15.4 Å². The number of hydrogen-bond acceptors (Lipinski definition) is 3. The van der Waals surface area contributed by atoms with Crippen molar-refractivity contribution in [3.63, 3.8) is 0 Å². The molecule has 1 aliphatic heterocycles. The molecule has 1 amide bonds. The molecule has 16 heavy (non-hydrogen) atoms. The minimum atomic E-state index is -0.445. The monoisotopic (exact) mass is 226 g/mol. The lowest BCUT2D eigenvalue weighted by Crippen LogP contribution is -2.45. The van der Waals surface area contributed by atoms with Crippen LogP contribution in [0.3, 0.4) is 0 Å². The topological polar surface area (TPSA) is 55.6 Å². The van der Waals surface area contributed by atoms with E-state index in [0.717, 1.165) is 26.2 Å². The molecule has 1 fully saturated rings. The summed E-state index contributed by atoms with van der Waals surface area (Å²) in [6, 6.07) is -0.445. The van der Waals surface area contributed by atoms with Crippen LogP contribution in [0.1, 0.15) is 19.8 Å². The summed E-state index contributed by atoms with van der Waals surface area (Å²) < 4.78 is 5.30. The third kappa shape index (κ3) is 3.61. The lowest BCUT2D eigenvalue weighted by atomic mass is 10.1. The van der Waals surface area contributed by atoms with Crippen LogP contribution in [-0.2, 0) is 9.53 Å². The average molecular weight is 226 g/mol. The highest BCUT2D eigenvalue weighted by atomic mass is 16.5. The minimum absolute atomic E-state index is 0.0225. The van der Waals surface area contributed by atoms with E-state index in [1.54, 1.807) is 6.08 Å². The standard InChI is InChI=1S/C12H22N2O2/c1-3-5-11(13)12(15)14(4-2)8-10-6-7-16-9-10/h3,10-11H,1,4-9,13H2,2H3. The molecule has 1 heterocycles. The molecule has 4 heteroatoms. The van der Waals surface area contributed by atoms with E-state index in [1.165, 1.54) is 0 Å². The van der Waals surface area contributed by atoms with Crippen LogP contribution >= 0.6 is 0 Å². The Bertz CT molecular complexity index is 237. The van der Waals surface area contributed by atoms with Crippen molar-refractivity contribution in [1.29, 1.82) is 0 Å². The summed E-state index contributed by atoms with van der Waals surface area (Å²) in [6.07, 6.45) is 3.27. The summed E-state index contributed by atoms with van der Waals surface area (Å²) in [5, 5.41) is 0. The van der Waals surface area contributed by atoms with Gasteiger partial charge in [0.15, 0.2) is 0 Å². The first kappa shape index (κ1) is 13.2. The molecule has 0 spiro atoms. The van der Waals surface area contributed by atoms with E-state index in [4.69, 9.17) is 10.5 Å². The molecule has 1 saturated heterocycles. The SMILES string of the molecule is C=CCC(N)C(=O)N(CC)CC1CCOC1. The predicted octanol–water partition coefficient (Wildman–Crippen LogP) is 0.775. The van der Waals surface area contributed by atoms with Crippen molar-refractivity contribution in [3.05, 3.63) is 12.7 Å². The number of nitrogens with two attached hydrogens (primary N) is 1. The Kier molecular flexibility index (Phi) is 5.49. The number of ether oxygens (including phenoxy) is 1. The van der Waals surface area contributed by atoms with Crippen LogP contribution in [0.5, 0.6) is 0 Å². The Balaban J connectivity index is 2.45.